The lowest BCUT2D eigenvalue weighted by Crippen LogP contribution is -2.11. The predicted molar refractivity (Wildman–Crippen MR) is 60.4 cm³/mol. The molecule has 0 aliphatic rings. The molecule has 0 aliphatic carbocycles. The van der Waals surface area contributed by atoms with E-state index in [-0.39, 0.29) is 5.75 Å². The number of alkyl halides is 3. The Balaban J connectivity index is 2.70. The van der Waals surface area contributed by atoms with Crippen LogP contribution >= 0.6 is 0 Å². The van der Waals surface area contributed by atoms with Crippen molar-refractivity contribution in [3.05, 3.63) is 35.5 Å². The van der Waals surface area contributed by atoms with E-state index in [0.717, 1.165) is 6.07 Å². The Labute approximate surface area is 114 Å². The van der Waals surface area contributed by atoms with Crippen molar-refractivity contribution in [1.82, 2.24) is 4.98 Å². The van der Waals surface area contributed by atoms with E-state index in [2.05, 4.69) is 9.40 Å². The number of aromatic nitrogens is 1. The molecule has 2 rings (SSSR count). The van der Waals surface area contributed by atoms with E-state index in [1.807, 2.05) is 0 Å². The van der Waals surface area contributed by atoms with E-state index in [1.165, 1.54) is 19.2 Å². The summed E-state index contributed by atoms with van der Waals surface area (Å²) in [6.07, 6.45) is -5.05. The van der Waals surface area contributed by atoms with E-state index in [1.54, 1.807) is 0 Å². The van der Waals surface area contributed by atoms with Crippen LogP contribution < -0.4 is 4.74 Å². The number of rotatable bonds is 3. The monoisotopic (exact) mass is 305 g/mol. The molecule has 0 atom stereocenters. The van der Waals surface area contributed by atoms with Crippen molar-refractivity contribution in [2.75, 3.05) is 7.11 Å². The molecule has 1 N–H and O–H groups in total. The summed E-state index contributed by atoms with van der Waals surface area (Å²) in [6.45, 7) is 0. The molecule has 0 unspecified atom stereocenters. The van der Waals surface area contributed by atoms with Crippen LogP contribution in [0.25, 0.3) is 11.5 Å². The molecule has 1 aromatic heterocycles. The summed E-state index contributed by atoms with van der Waals surface area (Å²) in [5.74, 6) is -5.29. The zero-order valence-electron chi connectivity index (χ0n) is 10.4. The molecule has 9 heteroatoms. The minimum atomic E-state index is -5.05. The topological polar surface area (TPSA) is 72.6 Å². The van der Waals surface area contributed by atoms with Gasteiger partial charge in [-0.1, -0.05) is 6.07 Å². The molecule has 0 saturated carbocycles. The summed E-state index contributed by atoms with van der Waals surface area (Å²) in [4.78, 5) is 13.8. The number of hydrogen-bond donors (Lipinski definition) is 1. The number of methoxy groups -OCH3 is 1. The molecule has 0 saturated heterocycles. The van der Waals surface area contributed by atoms with Gasteiger partial charge in [-0.15, -0.1) is 0 Å². The highest BCUT2D eigenvalue weighted by Crippen LogP contribution is 2.37. The van der Waals surface area contributed by atoms with Gasteiger partial charge in [0.05, 0.1) is 7.11 Å². The van der Waals surface area contributed by atoms with Crippen LogP contribution in [0.3, 0.4) is 0 Å². The van der Waals surface area contributed by atoms with Crippen molar-refractivity contribution < 1.29 is 36.6 Å². The van der Waals surface area contributed by atoms with E-state index in [0.29, 0.717) is 0 Å². The fourth-order valence-corrected chi connectivity index (χ4v) is 1.65. The molecule has 0 aliphatic heterocycles. The second-order valence-corrected chi connectivity index (χ2v) is 3.82. The number of carboxylic acids is 1. The van der Waals surface area contributed by atoms with Crippen molar-refractivity contribution in [2.24, 2.45) is 0 Å². The Hall–Kier alpha value is -2.58. The van der Waals surface area contributed by atoms with Crippen LogP contribution in [0.5, 0.6) is 5.75 Å². The molecule has 5 nitrogen and oxygen atoms in total. The summed E-state index contributed by atoms with van der Waals surface area (Å²) in [7, 11) is 1.17. The predicted octanol–water partition coefficient (Wildman–Crippen LogP) is 3.21. The van der Waals surface area contributed by atoms with Gasteiger partial charge in [-0.25, -0.2) is 14.2 Å². The molecule has 112 valence electrons. The first-order chi connectivity index (χ1) is 9.75. The number of ether oxygens (including phenoxy) is 1. The SMILES string of the molecule is COc1cccc(F)c1-c1nc(C(F)(F)F)c(C(=O)O)o1. The van der Waals surface area contributed by atoms with Crippen molar-refractivity contribution in [1.29, 1.82) is 0 Å². The molecule has 0 bridgehead atoms. The second-order valence-electron chi connectivity index (χ2n) is 3.82. The molecule has 1 heterocycles. The summed E-state index contributed by atoms with van der Waals surface area (Å²) >= 11 is 0. The van der Waals surface area contributed by atoms with Crippen LogP contribution in [0, 0.1) is 5.82 Å². The van der Waals surface area contributed by atoms with Gasteiger partial charge in [0.1, 0.15) is 17.1 Å². The average Bonchev–Trinajstić information content (AvgIpc) is 2.83. The van der Waals surface area contributed by atoms with Gasteiger partial charge in [0.25, 0.3) is 0 Å². The lowest BCUT2D eigenvalue weighted by Gasteiger charge is -2.05. The van der Waals surface area contributed by atoms with E-state index in [4.69, 9.17) is 9.84 Å². The van der Waals surface area contributed by atoms with Gasteiger partial charge < -0.3 is 14.3 Å². The molecule has 21 heavy (non-hydrogen) atoms. The highest BCUT2D eigenvalue weighted by Gasteiger charge is 2.42. The first-order valence-electron chi connectivity index (χ1n) is 5.40. The number of oxazole rings is 1. The maximum absolute atomic E-state index is 13.8. The van der Waals surface area contributed by atoms with E-state index in [9.17, 15) is 22.4 Å². The molecule has 0 radical (unpaired) electrons. The zero-order valence-corrected chi connectivity index (χ0v) is 10.4. The number of nitrogens with zero attached hydrogens (tertiary/aromatic N) is 1. The smallest absolute Gasteiger partial charge is 0.437 e. The number of benzene rings is 1. The second kappa shape index (κ2) is 5.08. The van der Waals surface area contributed by atoms with Crippen molar-refractivity contribution in [2.45, 2.75) is 6.18 Å². The summed E-state index contributed by atoms with van der Waals surface area (Å²) in [5, 5.41) is 8.73. The van der Waals surface area contributed by atoms with E-state index < -0.39 is 40.9 Å². The number of hydrogen-bond acceptors (Lipinski definition) is 4. The number of halogens is 4. The standard InChI is InChI=1S/C12H7F4NO4/c1-20-6-4-2-3-5(13)7(6)10-17-9(12(14,15)16)8(21-10)11(18)19/h2-4H,1H3,(H,18,19). The molecular weight excluding hydrogens is 298 g/mol. The Morgan fingerprint density at radius 1 is 1.38 bits per heavy atom. The van der Waals surface area contributed by atoms with Crippen molar-refractivity contribution in [3.8, 4) is 17.2 Å². The number of carboxylic acid groups (broad SMARTS) is 1. The number of carbonyl (C=O) groups is 1. The Morgan fingerprint density at radius 3 is 2.52 bits per heavy atom. The average molecular weight is 305 g/mol. The number of aromatic carboxylic acids is 1. The third-order valence-electron chi connectivity index (χ3n) is 2.50. The minimum Gasteiger partial charge on any atom is -0.496 e. The molecule has 2 aromatic rings. The zero-order chi connectivity index (χ0) is 15.8. The first-order valence-corrected chi connectivity index (χ1v) is 5.40. The normalized spacial score (nSPS) is 11.5. The van der Waals surface area contributed by atoms with Gasteiger partial charge in [-0.05, 0) is 12.1 Å². The Morgan fingerprint density at radius 2 is 2.05 bits per heavy atom. The summed E-state index contributed by atoms with van der Waals surface area (Å²) in [5.41, 5.74) is -2.23. The van der Waals surface area contributed by atoms with Gasteiger partial charge >= 0.3 is 12.1 Å². The van der Waals surface area contributed by atoms with Crippen LogP contribution in [-0.2, 0) is 6.18 Å². The van der Waals surface area contributed by atoms with Crippen LogP contribution in [0.1, 0.15) is 16.2 Å². The quantitative estimate of drug-likeness (QED) is 0.882. The van der Waals surface area contributed by atoms with Crippen molar-refractivity contribution >= 4 is 5.97 Å². The van der Waals surface area contributed by atoms with Crippen molar-refractivity contribution in [3.63, 3.8) is 0 Å². The maximum Gasteiger partial charge on any atom is 0.437 e. The highest BCUT2D eigenvalue weighted by atomic mass is 19.4. The first kappa shape index (κ1) is 14.8. The van der Waals surface area contributed by atoms with E-state index >= 15 is 0 Å². The van der Waals surface area contributed by atoms with Gasteiger partial charge in [0.2, 0.25) is 11.7 Å². The van der Waals surface area contributed by atoms with Gasteiger partial charge in [-0.3, -0.25) is 0 Å². The highest BCUT2D eigenvalue weighted by molar-refractivity contribution is 5.86. The third-order valence-corrected chi connectivity index (χ3v) is 2.50. The fraction of sp³-hybridized carbons (Fsp3) is 0.167. The van der Waals surface area contributed by atoms with Crippen LogP contribution in [0.15, 0.2) is 22.6 Å². The summed E-state index contributed by atoms with van der Waals surface area (Å²) in [6, 6.07) is 3.50. The Bertz CT molecular complexity index is 693. The van der Waals surface area contributed by atoms with Crippen LogP contribution in [-0.4, -0.2) is 23.2 Å². The van der Waals surface area contributed by atoms with Gasteiger partial charge in [0, 0.05) is 0 Å². The maximum atomic E-state index is 13.8. The third kappa shape index (κ3) is 2.67. The largest absolute Gasteiger partial charge is 0.496 e. The molecule has 1 aromatic carbocycles. The fourth-order valence-electron chi connectivity index (χ4n) is 1.65. The molecule has 0 spiro atoms. The molecule has 0 fully saturated rings. The molecular formula is C12H7F4NO4. The summed E-state index contributed by atoms with van der Waals surface area (Å²) < 4.78 is 61.3. The van der Waals surface area contributed by atoms with Crippen LogP contribution in [0.2, 0.25) is 0 Å². The minimum absolute atomic E-state index is 0.137. The van der Waals surface area contributed by atoms with Gasteiger partial charge in [0.15, 0.2) is 5.69 Å². The lowest BCUT2D eigenvalue weighted by atomic mass is 10.2. The van der Waals surface area contributed by atoms with Crippen LogP contribution in [0.4, 0.5) is 17.6 Å². The lowest BCUT2D eigenvalue weighted by molar-refractivity contribution is -0.141. The Kier molecular flexibility index (Phi) is 3.58. The molecule has 0 amide bonds. The van der Waals surface area contributed by atoms with Gasteiger partial charge in [-0.2, -0.15) is 13.2 Å².